The highest BCUT2D eigenvalue weighted by Gasteiger charge is 2.25. The molecule has 0 aliphatic rings. The van der Waals surface area contributed by atoms with E-state index in [1.165, 1.54) is 0 Å². The number of hydrogen-bond donors (Lipinski definition) is 0. The summed E-state index contributed by atoms with van der Waals surface area (Å²) in [6, 6.07) is 14.1. The zero-order chi connectivity index (χ0) is 21.2. The maximum atomic E-state index is 13.3. The molecule has 5 heteroatoms. The molecular formula is C24H35N3O2. The second kappa shape index (κ2) is 11.4. The fraction of sp³-hybridized carbons (Fsp3) is 0.500. The standard InChI is InChI=1S/C24H35N3O2/c1-5-7-15-23(28)27(20(3)6-2)19-24(29)26(17-21-12-9-8-10-13-21)18-22-14-11-16-25(22)4/h8-14,16,20H,5-7,15,17-19H2,1-4H3/t20-/m1/s1. The summed E-state index contributed by atoms with van der Waals surface area (Å²) in [6.07, 6.45) is 5.16. The fourth-order valence-electron chi connectivity index (χ4n) is 3.32. The van der Waals surface area contributed by atoms with Crippen LogP contribution in [-0.2, 0) is 29.7 Å². The third kappa shape index (κ3) is 6.77. The van der Waals surface area contributed by atoms with Crippen molar-refractivity contribution in [3.63, 3.8) is 0 Å². The molecule has 29 heavy (non-hydrogen) atoms. The molecule has 0 N–H and O–H groups in total. The van der Waals surface area contributed by atoms with E-state index < -0.39 is 0 Å². The van der Waals surface area contributed by atoms with Crippen molar-refractivity contribution in [1.29, 1.82) is 0 Å². The van der Waals surface area contributed by atoms with Gasteiger partial charge in [-0.2, -0.15) is 0 Å². The molecule has 2 amide bonds. The third-order valence-corrected chi connectivity index (χ3v) is 5.47. The van der Waals surface area contributed by atoms with Gasteiger partial charge in [0.05, 0.1) is 6.54 Å². The second-order valence-corrected chi connectivity index (χ2v) is 7.73. The van der Waals surface area contributed by atoms with Gasteiger partial charge in [0.25, 0.3) is 0 Å². The number of carbonyl (C=O) groups is 2. The Hall–Kier alpha value is -2.56. The smallest absolute Gasteiger partial charge is 0.242 e. The monoisotopic (exact) mass is 397 g/mol. The van der Waals surface area contributed by atoms with Crippen LogP contribution >= 0.6 is 0 Å². The second-order valence-electron chi connectivity index (χ2n) is 7.73. The highest BCUT2D eigenvalue weighted by atomic mass is 16.2. The Morgan fingerprint density at radius 1 is 1.00 bits per heavy atom. The molecule has 1 atom stereocenters. The normalized spacial score (nSPS) is 11.9. The van der Waals surface area contributed by atoms with Crippen molar-refractivity contribution in [3.8, 4) is 0 Å². The quantitative estimate of drug-likeness (QED) is 0.565. The molecule has 2 rings (SSSR count). The first-order chi connectivity index (χ1) is 14.0. The topological polar surface area (TPSA) is 45.6 Å². The summed E-state index contributed by atoms with van der Waals surface area (Å²) >= 11 is 0. The van der Waals surface area contributed by atoms with E-state index in [-0.39, 0.29) is 24.4 Å². The fourth-order valence-corrected chi connectivity index (χ4v) is 3.32. The summed E-state index contributed by atoms with van der Waals surface area (Å²) in [5.41, 5.74) is 2.16. The molecule has 0 spiro atoms. The molecule has 0 saturated heterocycles. The highest BCUT2D eigenvalue weighted by Crippen LogP contribution is 2.14. The van der Waals surface area contributed by atoms with E-state index in [1.54, 1.807) is 4.90 Å². The van der Waals surface area contributed by atoms with Crippen LogP contribution in [0, 0.1) is 0 Å². The van der Waals surface area contributed by atoms with Crippen LogP contribution in [0.3, 0.4) is 0 Å². The minimum atomic E-state index is -0.0137. The summed E-state index contributed by atoms with van der Waals surface area (Å²) in [5, 5.41) is 0. The molecule has 158 valence electrons. The molecule has 0 unspecified atom stereocenters. The lowest BCUT2D eigenvalue weighted by Crippen LogP contribution is -2.46. The molecule has 1 aromatic heterocycles. The minimum Gasteiger partial charge on any atom is -0.353 e. The van der Waals surface area contributed by atoms with Gasteiger partial charge in [-0.05, 0) is 37.5 Å². The first kappa shape index (κ1) is 22.7. The van der Waals surface area contributed by atoms with Crippen molar-refractivity contribution in [3.05, 3.63) is 59.9 Å². The molecule has 0 radical (unpaired) electrons. The average molecular weight is 398 g/mol. The van der Waals surface area contributed by atoms with Crippen molar-refractivity contribution < 1.29 is 9.59 Å². The number of hydrogen-bond acceptors (Lipinski definition) is 2. The SMILES string of the molecule is CCCCC(=O)N(CC(=O)N(Cc1ccccc1)Cc1cccn1C)[C@H](C)CC. The lowest BCUT2D eigenvalue weighted by atomic mass is 10.1. The maximum absolute atomic E-state index is 13.3. The lowest BCUT2D eigenvalue weighted by Gasteiger charge is -2.31. The highest BCUT2D eigenvalue weighted by molar-refractivity contribution is 5.85. The van der Waals surface area contributed by atoms with E-state index in [0.717, 1.165) is 30.5 Å². The van der Waals surface area contributed by atoms with Gasteiger partial charge in [-0.15, -0.1) is 0 Å². The number of rotatable bonds is 11. The third-order valence-electron chi connectivity index (χ3n) is 5.47. The molecule has 5 nitrogen and oxygen atoms in total. The van der Waals surface area contributed by atoms with E-state index in [1.807, 2.05) is 72.1 Å². The van der Waals surface area contributed by atoms with Gasteiger partial charge in [-0.3, -0.25) is 9.59 Å². The first-order valence-corrected chi connectivity index (χ1v) is 10.7. The minimum absolute atomic E-state index is 0.0137. The Kier molecular flexibility index (Phi) is 8.97. The van der Waals surface area contributed by atoms with Gasteiger partial charge < -0.3 is 14.4 Å². The Bertz CT molecular complexity index is 769. The van der Waals surface area contributed by atoms with Crippen LogP contribution in [0.5, 0.6) is 0 Å². The van der Waals surface area contributed by atoms with E-state index in [4.69, 9.17) is 0 Å². The number of aryl methyl sites for hydroxylation is 1. The van der Waals surface area contributed by atoms with Crippen molar-refractivity contribution in [2.24, 2.45) is 7.05 Å². The average Bonchev–Trinajstić information content (AvgIpc) is 3.14. The van der Waals surface area contributed by atoms with Crippen LogP contribution in [0.15, 0.2) is 48.7 Å². The Labute approximate surface area is 175 Å². The summed E-state index contributed by atoms with van der Waals surface area (Å²) < 4.78 is 2.03. The van der Waals surface area contributed by atoms with Gasteiger partial charge in [-0.1, -0.05) is 50.6 Å². The molecule has 0 aliphatic heterocycles. The summed E-state index contributed by atoms with van der Waals surface area (Å²) in [5.74, 6) is 0.0632. The molecule has 0 bridgehead atoms. The molecule has 1 aromatic carbocycles. The van der Waals surface area contributed by atoms with E-state index in [9.17, 15) is 9.59 Å². The molecule has 1 heterocycles. The predicted octanol–water partition coefficient (Wildman–Crippen LogP) is 4.37. The van der Waals surface area contributed by atoms with Crippen molar-refractivity contribution in [1.82, 2.24) is 14.4 Å². The van der Waals surface area contributed by atoms with Gasteiger partial charge in [-0.25, -0.2) is 0 Å². The lowest BCUT2D eigenvalue weighted by molar-refractivity contribution is -0.143. The van der Waals surface area contributed by atoms with Crippen LogP contribution in [-0.4, -0.2) is 38.8 Å². The van der Waals surface area contributed by atoms with Crippen LogP contribution in [0.1, 0.15) is 57.7 Å². The summed E-state index contributed by atoms with van der Waals surface area (Å²) in [6.45, 7) is 7.34. The van der Waals surface area contributed by atoms with E-state index in [2.05, 4.69) is 13.8 Å². The molecule has 0 fully saturated rings. The van der Waals surface area contributed by atoms with Crippen molar-refractivity contribution in [2.45, 2.75) is 65.6 Å². The number of nitrogens with zero attached hydrogens (tertiary/aromatic N) is 3. The molecule has 2 aromatic rings. The number of carbonyl (C=O) groups excluding carboxylic acids is 2. The molecule has 0 saturated carbocycles. The zero-order valence-corrected chi connectivity index (χ0v) is 18.3. The van der Waals surface area contributed by atoms with E-state index >= 15 is 0 Å². The number of benzene rings is 1. The summed E-state index contributed by atoms with van der Waals surface area (Å²) in [4.78, 5) is 29.7. The first-order valence-electron chi connectivity index (χ1n) is 10.7. The van der Waals surface area contributed by atoms with Crippen LogP contribution in [0.25, 0.3) is 0 Å². The van der Waals surface area contributed by atoms with Crippen LogP contribution in [0.4, 0.5) is 0 Å². The van der Waals surface area contributed by atoms with Gasteiger partial charge in [0.1, 0.15) is 6.54 Å². The van der Waals surface area contributed by atoms with Crippen LogP contribution < -0.4 is 0 Å². The Balaban J connectivity index is 2.19. The van der Waals surface area contributed by atoms with Gasteiger partial charge in [0.2, 0.25) is 11.8 Å². The summed E-state index contributed by atoms with van der Waals surface area (Å²) in [7, 11) is 1.99. The maximum Gasteiger partial charge on any atom is 0.242 e. The largest absolute Gasteiger partial charge is 0.353 e. The van der Waals surface area contributed by atoms with Gasteiger partial charge >= 0.3 is 0 Å². The Morgan fingerprint density at radius 3 is 2.31 bits per heavy atom. The van der Waals surface area contributed by atoms with Crippen molar-refractivity contribution >= 4 is 11.8 Å². The molecule has 0 aliphatic carbocycles. The number of aromatic nitrogens is 1. The predicted molar refractivity (Wildman–Crippen MR) is 117 cm³/mol. The molecular weight excluding hydrogens is 362 g/mol. The Morgan fingerprint density at radius 2 is 1.72 bits per heavy atom. The zero-order valence-electron chi connectivity index (χ0n) is 18.3. The van der Waals surface area contributed by atoms with Crippen LogP contribution in [0.2, 0.25) is 0 Å². The van der Waals surface area contributed by atoms with Crippen molar-refractivity contribution in [2.75, 3.05) is 6.54 Å². The van der Waals surface area contributed by atoms with Gasteiger partial charge in [0.15, 0.2) is 0 Å². The van der Waals surface area contributed by atoms with E-state index in [0.29, 0.717) is 19.5 Å². The van der Waals surface area contributed by atoms with Gasteiger partial charge in [0, 0.05) is 37.9 Å². The number of amides is 2. The number of unbranched alkanes of at least 4 members (excludes halogenated alkanes) is 1.